The zero-order valence-corrected chi connectivity index (χ0v) is 21.2. The fraction of sp³-hybridized carbons (Fsp3) is 0.565. The van der Waals surface area contributed by atoms with Gasteiger partial charge in [-0.2, -0.15) is 22.4 Å². The Hall–Kier alpha value is -2.69. The predicted molar refractivity (Wildman–Crippen MR) is 123 cm³/mol. The molecule has 2 aromatic rings. The van der Waals surface area contributed by atoms with Crippen LogP contribution in [0.5, 0.6) is 0 Å². The van der Waals surface area contributed by atoms with E-state index in [-0.39, 0.29) is 23.5 Å². The van der Waals surface area contributed by atoms with Crippen molar-refractivity contribution in [3.05, 3.63) is 52.6 Å². The first-order chi connectivity index (χ1) is 18.2. The fourth-order valence-corrected chi connectivity index (χ4v) is 6.78. The van der Waals surface area contributed by atoms with E-state index in [4.69, 9.17) is 20.4 Å². The lowest BCUT2D eigenvalue weighted by Gasteiger charge is -2.38. The number of hydrogen-bond donors (Lipinski definition) is 2. The van der Waals surface area contributed by atoms with Crippen molar-refractivity contribution in [2.24, 2.45) is 5.73 Å². The average Bonchev–Trinajstić information content (AvgIpc) is 3.59. The number of halogens is 6. The monoisotopic (exact) mass is 584 g/mol. The molecule has 5 rings (SSSR count). The largest absolute Gasteiger partial charge is 0.490 e. The molecule has 16 heteroatoms. The Bertz CT molecular complexity index is 1310. The highest BCUT2D eigenvalue weighted by Crippen LogP contribution is 2.35. The molecule has 9 nitrogen and oxygen atoms in total. The van der Waals surface area contributed by atoms with Gasteiger partial charge in [0.1, 0.15) is 11.9 Å². The van der Waals surface area contributed by atoms with Crippen LogP contribution in [0.15, 0.2) is 18.3 Å². The van der Waals surface area contributed by atoms with Crippen LogP contribution in [0.2, 0.25) is 0 Å². The van der Waals surface area contributed by atoms with E-state index in [0.29, 0.717) is 44.1 Å². The van der Waals surface area contributed by atoms with Gasteiger partial charge in [-0.05, 0) is 25.3 Å². The summed E-state index contributed by atoms with van der Waals surface area (Å²) in [5.74, 6) is -6.04. The Morgan fingerprint density at radius 2 is 1.69 bits per heavy atom. The van der Waals surface area contributed by atoms with Crippen molar-refractivity contribution in [3.8, 4) is 0 Å². The number of alkyl halides is 3. The molecule has 3 heterocycles. The Labute approximate surface area is 219 Å². The first kappa shape index (κ1) is 29.3. The van der Waals surface area contributed by atoms with Crippen LogP contribution in [0.25, 0.3) is 0 Å². The van der Waals surface area contributed by atoms with Crippen molar-refractivity contribution in [1.82, 2.24) is 14.1 Å². The van der Waals surface area contributed by atoms with E-state index in [1.54, 1.807) is 6.20 Å². The van der Waals surface area contributed by atoms with Crippen LogP contribution in [0, 0.1) is 17.5 Å². The van der Waals surface area contributed by atoms with E-state index in [1.807, 2.05) is 0 Å². The number of carboxylic acids is 1. The van der Waals surface area contributed by atoms with Crippen molar-refractivity contribution in [2.45, 2.75) is 74.8 Å². The lowest BCUT2D eigenvalue weighted by Crippen LogP contribution is -2.47. The number of nitrogens with zero attached hydrogens (tertiary/aromatic N) is 3. The number of ether oxygens (including phenoxy) is 1. The molecule has 39 heavy (non-hydrogen) atoms. The molecule has 3 aliphatic rings. The molecule has 1 aromatic carbocycles. The van der Waals surface area contributed by atoms with Gasteiger partial charge >= 0.3 is 12.1 Å². The molecular formula is C23H26F6N4O5S. The number of nitrogens with two attached hydrogens (primary N) is 1. The summed E-state index contributed by atoms with van der Waals surface area (Å²) < 4.78 is 105. The molecule has 1 saturated carbocycles. The molecular weight excluding hydrogens is 558 g/mol. The van der Waals surface area contributed by atoms with Gasteiger partial charge in [-0.15, -0.1) is 0 Å². The Balaban J connectivity index is 0.000000448. The molecule has 0 amide bonds. The first-order valence-corrected chi connectivity index (χ1v) is 13.6. The Kier molecular flexibility index (Phi) is 8.31. The molecule has 216 valence electrons. The van der Waals surface area contributed by atoms with Crippen LogP contribution in [0.4, 0.5) is 26.3 Å². The summed E-state index contributed by atoms with van der Waals surface area (Å²) in [7, 11) is -3.47. The van der Waals surface area contributed by atoms with Crippen LogP contribution in [0.1, 0.15) is 55.0 Å². The lowest BCUT2D eigenvalue weighted by atomic mass is 9.93. The van der Waals surface area contributed by atoms with E-state index in [9.17, 15) is 34.8 Å². The molecule has 0 bridgehead atoms. The molecule has 1 aromatic heterocycles. The molecule has 0 spiro atoms. The van der Waals surface area contributed by atoms with Gasteiger partial charge in [0.2, 0.25) is 0 Å². The first-order valence-electron chi connectivity index (χ1n) is 12.1. The minimum absolute atomic E-state index is 0.0799. The van der Waals surface area contributed by atoms with Crippen molar-refractivity contribution < 1.29 is 49.4 Å². The average molecular weight is 585 g/mol. The normalized spacial score (nSPS) is 24.3. The second-order valence-electron chi connectivity index (χ2n) is 9.73. The Morgan fingerprint density at radius 3 is 2.26 bits per heavy atom. The molecule has 0 radical (unpaired) electrons. The third kappa shape index (κ3) is 6.23. The molecule has 3 atom stereocenters. The van der Waals surface area contributed by atoms with Crippen molar-refractivity contribution in [1.29, 1.82) is 0 Å². The minimum atomic E-state index is -5.08. The van der Waals surface area contributed by atoms with Crippen LogP contribution in [-0.2, 0) is 32.6 Å². The van der Waals surface area contributed by atoms with Gasteiger partial charge in [0.05, 0.1) is 17.6 Å². The van der Waals surface area contributed by atoms with Crippen LogP contribution in [0.3, 0.4) is 0 Å². The number of aliphatic carboxylic acids is 1. The van der Waals surface area contributed by atoms with Crippen LogP contribution < -0.4 is 5.73 Å². The number of benzene rings is 1. The van der Waals surface area contributed by atoms with Gasteiger partial charge in [0, 0.05) is 48.6 Å². The molecule has 0 unspecified atom stereocenters. The number of rotatable bonds is 4. The highest BCUT2D eigenvalue weighted by Gasteiger charge is 2.39. The summed E-state index contributed by atoms with van der Waals surface area (Å²) in [6.45, 7) is 1.22. The van der Waals surface area contributed by atoms with Gasteiger partial charge in [0.25, 0.3) is 10.0 Å². The summed E-state index contributed by atoms with van der Waals surface area (Å²) in [4.78, 5) is 11.0. The van der Waals surface area contributed by atoms with Crippen molar-refractivity contribution in [2.75, 3.05) is 6.61 Å². The maximum Gasteiger partial charge on any atom is 0.490 e. The topological polar surface area (TPSA) is 128 Å². The molecule has 1 aliphatic carbocycles. The second kappa shape index (κ2) is 11.1. The molecule has 2 aliphatic heterocycles. The van der Waals surface area contributed by atoms with Gasteiger partial charge in [-0.1, -0.05) is 12.8 Å². The standard InChI is InChI=1S/C21H25F3N4O3S.C2HF3O2/c22-16-7-18(24)17(23)6-15(16)21-19(25)5-13(11-31-21)27-8-12-9-28(26-20(12)10-27)32(29,30)14-3-1-2-4-14;3-2(4,5)1(6)7/h6-7,9,13-14,19,21H,1-5,8,10-11,25H2;(H,6,7)/t13-,19+,21-;/m1./s1. The van der Waals surface area contributed by atoms with Crippen molar-refractivity contribution in [3.63, 3.8) is 0 Å². The summed E-state index contributed by atoms with van der Waals surface area (Å²) in [5, 5.41) is 11.1. The minimum Gasteiger partial charge on any atom is -0.475 e. The van der Waals surface area contributed by atoms with Gasteiger partial charge < -0.3 is 15.6 Å². The zero-order chi connectivity index (χ0) is 28.7. The molecule has 2 fully saturated rings. The number of carboxylic acid groups (broad SMARTS) is 1. The van der Waals surface area contributed by atoms with E-state index in [0.717, 1.165) is 28.6 Å². The van der Waals surface area contributed by atoms with E-state index in [2.05, 4.69) is 10.00 Å². The zero-order valence-electron chi connectivity index (χ0n) is 20.4. The second-order valence-corrected chi connectivity index (χ2v) is 11.8. The third-order valence-electron chi connectivity index (χ3n) is 7.07. The molecule has 3 N–H and O–H groups in total. The highest BCUT2D eigenvalue weighted by atomic mass is 32.2. The number of hydrogen-bond acceptors (Lipinski definition) is 7. The summed E-state index contributed by atoms with van der Waals surface area (Å²) >= 11 is 0. The van der Waals surface area contributed by atoms with Gasteiger partial charge in [-0.3, -0.25) is 4.90 Å². The number of aromatic nitrogens is 2. The third-order valence-corrected chi connectivity index (χ3v) is 9.10. The van der Waals surface area contributed by atoms with E-state index >= 15 is 0 Å². The maximum absolute atomic E-state index is 14.2. The fourth-order valence-electron chi connectivity index (χ4n) is 5.05. The lowest BCUT2D eigenvalue weighted by molar-refractivity contribution is -0.192. The predicted octanol–water partition coefficient (Wildman–Crippen LogP) is 3.23. The SMILES string of the molecule is N[C@H]1C[C@@H](N2Cc3cn(S(=O)(=O)C4CCCC4)nc3C2)CO[C@@H]1c1cc(F)c(F)cc1F.O=C(O)C(F)(F)F. The summed E-state index contributed by atoms with van der Waals surface area (Å²) in [6.07, 6.45) is -0.676. The smallest absolute Gasteiger partial charge is 0.475 e. The van der Waals surface area contributed by atoms with E-state index in [1.165, 1.54) is 0 Å². The Morgan fingerprint density at radius 1 is 1.08 bits per heavy atom. The number of fused-ring (bicyclic) bond motifs is 1. The highest BCUT2D eigenvalue weighted by molar-refractivity contribution is 7.90. The molecule has 1 saturated heterocycles. The van der Waals surface area contributed by atoms with Crippen molar-refractivity contribution >= 4 is 16.0 Å². The van der Waals surface area contributed by atoms with Gasteiger partial charge in [0.15, 0.2) is 11.6 Å². The summed E-state index contributed by atoms with van der Waals surface area (Å²) in [5.41, 5.74) is 7.71. The summed E-state index contributed by atoms with van der Waals surface area (Å²) in [6, 6.07) is 0.617. The van der Waals surface area contributed by atoms with Crippen LogP contribution >= 0.6 is 0 Å². The van der Waals surface area contributed by atoms with E-state index < -0.39 is 51.8 Å². The number of carbonyl (C=O) groups is 1. The van der Waals surface area contributed by atoms with Crippen LogP contribution in [-0.4, -0.2) is 63.7 Å². The quantitative estimate of drug-likeness (QED) is 0.414. The van der Waals surface area contributed by atoms with Gasteiger partial charge in [-0.25, -0.2) is 26.4 Å². The maximum atomic E-state index is 14.2.